The summed E-state index contributed by atoms with van der Waals surface area (Å²) in [6.07, 6.45) is 3.10. The fourth-order valence-electron chi connectivity index (χ4n) is 1.95. The predicted octanol–water partition coefficient (Wildman–Crippen LogP) is 3.31. The van der Waals surface area contributed by atoms with Crippen LogP contribution in [0.1, 0.15) is 37.8 Å². The minimum Gasteiger partial charge on any atom is -0.352 e. The molecule has 2 N–H and O–H groups in total. The number of nitrogens with one attached hydrogen (secondary N) is 2. The molecule has 5 heteroatoms. The van der Waals surface area contributed by atoms with Crippen LogP contribution in [-0.4, -0.2) is 18.5 Å². The van der Waals surface area contributed by atoms with Gasteiger partial charge in [-0.05, 0) is 37.0 Å². The first-order valence-electron chi connectivity index (χ1n) is 6.58. The van der Waals surface area contributed by atoms with Crippen LogP contribution in [0.2, 0.25) is 10.0 Å². The SMILES string of the molecule is CCC(NCC(=O)NC1CC1)c1ccc(Cl)c(Cl)c1. The van der Waals surface area contributed by atoms with Crippen LogP contribution in [0, 0.1) is 0 Å². The van der Waals surface area contributed by atoms with Crippen molar-refractivity contribution in [3.63, 3.8) is 0 Å². The van der Waals surface area contributed by atoms with Gasteiger partial charge in [0.15, 0.2) is 0 Å². The van der Waals surface area contributed by atoms with Gasteiger partial charge in [0.25, 0.3) is 0 Å². The van der Waals surface area contributed by atoms with Crippen LogP contribution in [0.15, 0.2) is 18.2 Å². The van der Waals surface area contributed by atoms with E-state index in [0.29, 0.717) is 22.6 Å². The van der Waals surface area contributed by atoms with Crippen LogP contribution in [0.3, 0.4) is 0 Å². The van der Waals surface area contributed by atoms with Crippen LogP contribution < -0.4 is 10.6 Å². The van der Waals surface area contributed by atoms with Crippen molar-refractivity contribution in [1.82, 2.24) is 10.6 Å². The van der Waals surface area contributed by atoms with Crippen LogP contribution >= 0.6 is 23.2 Å². The smallest absolute Gasteiger partial charge is 0.234 e. The van der Waals surface area contributed by atoms with Gasteiger partial charge in [0.05, 0.1) is 16.6 Å². The standard InChI is InChI=1S/C14H18Cl2N2O/c1-2-13(9-3-6-11(15)12(16)7-9)17-8-14(19)18-10-4-5-10/h3,6-7,10,13,17H,2,4-5,8H2,1H3,(H,18,19). The summed E-state index contributed by atoms with van der Waals surface area (Å²) >= 11 is 11.9. The Kier molecular flexibility index (Phi) is 5.08. The Balaban J connectivity index is 1.90. The van der Waals surface area contributed by atoms with E-state index in [0.717, 1.165) is 24.8 Å². The van der Waals surface area contributed by atoms with Crippen LogP contribution in [0.4, 0.5) is 0 Å². The number of rotatable bonds is 6. The number of hydrogen-bond acceptors (Lipinski definition) is 2. The van der Waals surface area contributed by atoms with E-state index in [2.05, 4.69) is 17.6 Å². The molecule has 1 aromatic carbocycles. The van der Waals surface area contributed by atoms with Crippen molar-refractivity contribution in [2.45, 2.75) is 38.3 Å². The molecule has 1 aliphatic carbocycles. The fraction of sp³-hybridized carbons (Fsp3) is 0.500. The van der Waals surface area contributed by atoms with E-state index in [1.807, 2.05) is 12.1 Å². The van der Waals surface area contributed by atoms with Gasteiger partial charge in [0.2, 0.25) is 5.91 Å². The van der Waals surface area contributed by atoms with Crippen molar-refractivity contribution in [2.75, 3.05) is 6.54 Å². The van der Waals surface area contributed by atoms with E-state index in [1.165, 1.54) is 0 Å². The molecule has 1 aliphatic rings. The molecule has 3 nitrogen and oxygen atoms in total. The first-order valence-corrected chi connectivity index (χ1v) is 7.33. The Hall–Kier alpha value is -0.770. The van der Waals surface area contributed by atoms with E-state index >= 15 is 0 Å². The molecule has 0 aliphatic heterocycles. The Bertz CT molecular complexity index is 461. The average molecular weight is 301 g/mol. The van der Waals surface area contributed by atoms with E-state index in [1.54, 1.807) is 6.07 Å². The monoisotopic (exact) mass is 300 g/mol. The fourth-order valence-corrected chi connectivity index (χ4v) is 2.26. The Morgan fingerprint density at radius 1 is 1.37 bits per heavy atom. The number of hydrogen-bond donors (Lipinski definition) is 2. The van der Waals surface area contributed by atoms with E-state index in [4.69, 9.17) is 23.2 Å². The van der Waals surface area contributed by atoms with Crippen LogP contribution in [0.5, 0.6) is 0 Å². The minimum atomic E-state index is 0.0565. The van der Waals surface area contributed by atoms with Crippen molar-refractivity contribution in [3.8, 4) is 0 Å². The van der Waals surface area contributed by atoms with Crippen molar-refractivity contribution in [2.24, 2.45) is 0 Å². The average Bonchev–Trinajstić information content (AvgIpc) is 3.18. The molecule has 19 heavy (non-hydrogen) atoms. The Labute approximate surface area is 123 Å². The largest absolute Gasteiger partial charge is 0.352 e. The van der Waals surface area contributed by atoms with Crippen molar-refractivity contribution in [3.05, 3.63) is 33.8 Å². The summed E-state index contributed by atoms with van der Waals surface area (Å²) in [5, 5.41) is 7.30. The van der Waals surface area contributed by atoms with Gasteiger partial charge in [-0.3, -0.25) is 4.79 Å². The summed E-state index contributed by atoms with van der Waals surface area (Å²) in [4.78, 5) is 11.6. The zero-order valence-electron chi connectivity index (χ0n) is 10.9. The molecular weight excluding hydrogens is 283 g/mol. The zero-order valence-corrected chi connectivity index (χ0v) is 12.4. The van der Waals surface area contributed by atoms with Gasteiger partial charge in [0, 0.05) is 12.1 Å². The molecule has 1 amide bonds. The highest BCUT2D eigenvalue weighted by atomic mass is 35.5. The topological polar surface area (TPSA) is 41.1 Å². The van der Waals surface area contributed by atoms with E-state index in [9.17, 15) is 4.79 Å². The molecule has 1 unspecified atom stereocenters. The number of amides is 1. The molecule has 0 radical (unpaired) electrons. The van der Waals surface area contributed by atoms with Gasteiger partial charge in [-0.25, -0.2) is 0 Å². The van der Waals surface area contributed by atoms with Gasteiger partial charge >= 0.3 is 0 Å². The lowest BCUT2D eigenvalue weighted by Gasteiger charge is -2.17. The lowest BCUT2D eigenvalue weighted by Crippen LogP contribution is -2.36. The highest BCUT2D eigenvalue weighted by Gasteiger charge is 2.23. The van der Waals surface area contributed by atoms with Crippen LogP contribution in [-0.2, 0) is 4.79 Å². The Morgan fingerprint density at radius 3 is 2.68 bits per heavy atom. The molecule has 1 fully saturated rings. The summed E-state index contributed by atoms with van der Waals surface area (Å²) in [6.45, 7) is 2.40. The number of carbonyl (C=O) groups is 1. The molecule has 0 heterocycles. The highest BCUT2D eigenvalue weighted by molar-refractivity contribution is 6.42. The summed E-state index contributed by atoms with van der Waals surface area (Å²) in [5.41, 5.74) is 1.05. The summed E-state index contributed by atoms with van der Waals surface area (Å²) in [5.74, 6) is 0.0565. The second kappa shape index (κ2) is 6.60. The molecule has 2 rings (SSSR count). The summed E-state index contributed by atoms with van der Waals surface area (Å²) in [6, 6.07) is 6.09. The predicted molar refractivity (Wildman–Crippen MR) is 78.7 cm³/mol. The number of benzene rings is 1. The maximum Gasteiger partial charge on any atom is 0.234 e. The van der Waals surface area contributed by atoms with Crippen molar-refractivity contribution < 1.29 is 4.79 Å². The number of halogens is 2. The number of carbonyl (C=O) groups excluding carboxylic acids is 1. The Morgan fingerprint density at radius 2 is 2.11 bits per heavy atom. The maximum atomic E-state index is 11.6. The second-order valence-corrected chi connectivity index (χ2v) is 5.67. The van der Waals surface area contributed by atoms with E-state index in [-0.39, 0.29) is 11.9 Å². The van der Waals surface area contributed by atoms with E-state index < -0.39 is 0 Å². The molecule has 0 aromatic heterocycles. The third-order valence-corrected chi connectivity index (χ3v) is 3.94. The van der Waals surface area contributed by atoms with Gasteiger partial charge < -0.3 is 10.6 Å². The third kappa shape index (κ3) is 4.37. The molecule has 0 bridgehead atoms. The first-order chi connectivity index (χ1) is 9.10. The molecule has 1 aromatic rings. The maximum absolute atomic E-state index is 11.6. The van der Waals surface area contributed by atoms with Crippen molar-refractivity contribution in [1.29, 1.82) is 0 Å². The zero-order chi connectivity index (χ0) is 13.8. The van der Waals surface area contributed by atoms with Gasteiger partial charge in [-0.15, -0.1) is 0 Å². The molecule has 1 saturated carbocycles. The third-order valence-electron chi connectivity index (χ3n) is 3.21. The quantitative estimate of drug-likeness (QED) is 0.846. The van der Waals surface area contributed by atoms with Crippen LogP contribution in [0.25, 0.3) is 0 Å². The minimum absolute atomic E-state index is 0.0565. The molecule has 104 valence electrons. The van der Waals surface area contributed by atoms with Crippen molar-refractivity contribution >= 4 is 29.1 Å². The van der Waals surface area contributed by atoms with Gasteiger partial charge in [-0.1, -0.05) is 36.2 Å². The molecular formula is C14H18Cl2N2O. The highest BCUT2D eigenvalue weighted by Crippen LogP contribution is 2.26. The lowest BCUT2D eigenvalue weighted by atomic mass is 10.0. The summed E-state index contributed by atoms with van der Waals surface area (Å²) < 4.78 is 0. The molecule has 0 spiro atoms. The molecule has 1 atom stereocenters. The first kappa shape index (κ1) is 14.6. The van der Waals surface area contributed by atoms with Gasteiger partial charge in [0.1, 0.15) is 0 Å². The second-order valence-electron chi connectivity index (χ2n) is 4.86. The van der Waals surface area contributed by atoms with Gasteiger partial charge in [-0.2, -0.15) is 0 Å². The summed E-state index contributed by atoms with van der Waals surface area (Å²) in [7, 11) is 0. The normalized spacial score (nSPS) is 16.2. The lowest BCUT2D eigenvalue weighted by molar-refractivity contribution is -0.120. The molecule has 0 saturated heterocycles.